The lowest BCUT2D eigenvalue weighted by Crippen LogP contribution is -2.19. The Balaban J connectivity index is 1.98. The van der Waals surface area contributed by atoms with E-state index in [0.29, 0.717) is 12.1 Å². The molecule has 0 aliphatic rings. The Morgan fingerprint density at radius 1 is 1.41 bits per heavy atom. The molecule has 1 atom stereocenters. The largest absolute Gasteiger partial charge is 0.304 e. The lowest BCUT2D eigenvalue weighted by Gasteiger charge is -2.13. The number of aryl methyl sites for hydroxylation is 1. The third-order valence-corrected chi connectivity index (χ3v) is 3.56. The van der Waals surface area contributed by atoms with Crippen molar-refractivity contribution in [1.29, 1.82) is 0 Å². The van der Waals surface area contributed by atoms with Crippen LogP contribution in [0, 0.1) is 12.7 Å². The Morgan fingerprint density at radius 2 is 2.18 bits per heavy atom. The Morgan fingerprint density at radius 3 is 2.82 bits per heavy atom. The van der Waals surface area contributed by atoms with E-state index in [9.17, 15) is 4.39 Å². The molecule has 0 bridgehead atoms. The van der Waals surface area contributed by atoms with Gasteiger partial charge in [-0.3, -0.25) is 0 Å². The third-order valence-electron chi connectivity index (χ3n) is 2.60. The first kappa shape index (κ1) is 12.2. The van der Waals surface area contributed by atoms with Crippen LogP contribution in [-0.2, 0) is 6.54 Å². The number of rotatable bonds is 4. The topological polar surface area (TPSA) is 24.9 Å². The summed E-state index contributed by atoms with van der Waals surface area (Å²) >= 11 is 1.62. The van der Waals surface area contributed by atoms with Crippen LogP contribution in [0.5, 0.6) is 0 Å². The number of nitrogens with one attached hydrogen (secondary N) is 1. The smallest absolute Gasteiger partial charge is 0.127 e. The van der Waals surface area contributed by atoms with Crippen molar-refractivity contribution in [3.8, 4) is 0 Å². The molecular formula is C13H15FN2S. The van der Waals surface area contributed by atoms with Crippen molar-refractivity contribution < 1.29 is 4.39 Å². The van der Waals surface area contributed by atoms with Crippen LogP contribution in [-0.4, -0.2) is 4.98 Å². The fourth-order valence-corrected chi connectivity index (χ4v) is 2.38. The molecule has 0 aliphatic heterocycles. The molecule has 1 N–H and O–H groups in total. The molecule has 0 unspecified atom stereocenters. The highest BCUT2D eigenvalue weighted by atomic mass is 32.1. The fraction of sp³-hybridized carbons (Fsp3) is 0.308. The molecule has 17 heavy (non-hydrogen) atoms. The van der Waals surface area contributed by atoms with Crippen molar-refractivity contribution in [1.82, 2.24) is 10.3 Å². The second kappa shape index (κ2) is 5.38. The fourth-order valence-electron chi connectivity index (χ4n) is 1.66. The Hall–Kier alpha value is -1.26. The van der Waals surface area contributed by atoms with Gasteiger partial charge in [-0.05, 0) is 19.9 Å². The van der Waals surface area contributed by atoms with Gasteiger partial charge in [-0.25, -0.2) is 9.37 Å². The lowest BCUT2D eigenvalue weighted by atomic mass is 10.1. The Bertz CT molecular complexity index is 496. The number of aromatic nitrogens is 1. The maximum atomic E-state index is 13.5. The van der Waals surface area contributed by atoms with Crippen LogP contribution >= 0.6 is 11.3 Å². The van der Waals surface area contributed by atoms with Gasteiger partial charge in [0, 0.05) is 29.2 Å². The van der Waals surface area contributed by atoms with Crippen LogP contribution in [0.3, 0.4) is 0 Å². The summed E-state index contributed by atoms with van der Waals surface area (Å²) < 4.78 is 13.5. The van der Waals surface area contributed by atoms with E-state index in [1.165, 1.54) is 6.07 Å². The number of nitrogens with zero attached hydrogens (tertiary/aromatic N) is 1. The SMILES string of the molecule is Cc1csc(CN[C@H](C)c2ccccc2F)n1. The molecule has 1 heterocycles. The predicted molar refractivity (Wildman–Crippen MR) is 68.5 cm³/mol. The maximum Gasteiger partial charge on any atom is 0.127 e. The van der Waals surface area contributed by atoms with Gasteiger partial charge in [-0.15, -0.1) is 11.3 Å². The second-order valence-electron chi connectivity index (χ2n) is 4.01. The Labute approximate surface area is 105 Å². The van der Waals surface area contributed by atoms with Crippen molar-refractivity contribution in [2.75, 3.05) is 0 Å². The predicted octanol–water partition coefficient (Wildman–Crippen LogP) is 3.44. The molecule has 0 radical (unpaired) electrons. The average Bonchev–Trinajstić information content (AvgIpc) is 2.73. The second-order valence-corrected chi connectivity index (χ2v) is 4.95. The summed E-state index contributed by atoms with van der Waals surface area (Å²) in [6.07, 6.45) is 0. The van der Waals surface area contributed by atoms with Crippen LogP contribution in [0.15, 0.2) is 29.6 Å². The zero-order chi connectivity index (χ0) is 12.3. The summed E-state index contributed by atoms with van der Waals surface area (Å²) in [5.74, 6) is -0.164. The zero-order valence-electron chi connectivity index (χ0n) is 9.90. The van der Waals surface area contributed by atoms with Crippen molar-refractivity contribution in [3.63, 3.8) is 0 Å². The zero-order valence-corrected chi connectivity index (χ0v) is 10.7. The first-order chi connectivity index (χ1) is 8.16. The van der Waals surface area contributed by atoms with Crippen molar-refractivity contribution in [2.24, 2.45) is 0 Å². The van der Waals surface area contributed by atoms with Crippen LogP contribution in [0.25, 0.3) is 0 Å². The summed E-state index contributed by atoms with van der Waals surface area (Å²) in [4.78, 5) is 4.36. The number of hydrogen-bond acceptors (Lipinski definition) is 3. The van der Waals surface area contributed by atoms with Crippen LogP contribution in [0.1, 0.15) is 29.2 Å². The molecule has 0 saturated heterocycles. The summed E-state index contributed by atoms with van der Waals surface area (Å²) in [5.41, 5.74) is 1.73. The normalized spacial score (nSPS) is 12.6. The van der Waals surface area contributed by atoms with Crippen LogP contribution in [0.2, 0.25) is 0 Å². The van der Waals surface area contributed by atoms with Gasteiger partial charge in [0.25, 0.3) is 0 Å². The minimum atomic E-state index is -0.164. The number of benzene rings is 1. The third kappa shape index (κ3) is 3.11. The quantitative estimate of drug-likeness (QED) is 0.899. The standard InChI is InChI=1S/C13H15FN2S/c1-9-8-17-13(16-9)7-15-10(2)11-5-3-4-6-12(11)14/h3-6,8,10,15H,7H2,1-2H3/t10-/m1/s1. The summed E-state index contributed by atoms with van der Waals surface area (Å²) in [5, 5.41) is 6.33. The van der Waals surface area contributed by atoms with E-state index in [2.05, 4.69) is 10.3 Å². The van der Waals surface area contributed by atoms with Gasteiger partial charge in [0.05, 0.1) is 0 Å². The molecule has 0 fully saturated rings. The maximum absolute atomic E-state index is 13.5. The van der Waals surface area contributed by atoms with Gasteiger partial charge in [0.1, 0.15) is 10.8 Å². The van der Waals surface area contributed by atoms with Crippen molar-refractivity contribution >= 4 is 11.3 Å². The molecule has 0 saturated carbocycles. The molecule has 2 aromatic rings. The molecule has 2 nitrogen and oxygen atoms in total. The van der Waals surface area contributed by atoms with Gasteiger partial charge in [-0.2, -0.15) is 0 Å². The highest BCUT2D eigenvalue weighted by Gasteiger charge is 2.10. The molecule has 1 aromatic heterocycles. The molecule has 0 amide bonds. The molecule has 0 aliphatic carbocycles. The molecule has 1 aromatic carbocycles. The van der Waals surface area contributed by atoms with E-state index in [0.717, 1.165) is 10.7 Å². The summed E-state index contributed by atoms with van der Waals surface area (Å²) in [6.45, 7) is 4.60. The highest BCUT2D eigenvalue weighted by molar-refractivity contribution is 7.09. The molecular weight excluding hydrogens is 235 g/mol. The van der Waals surface area contributed by atoms with Crippen molar-refractivity contribution in [2.45, 2.75) is 26.4 Å². The minimum absolute atomic E-state index is 0.0135. The van der Waals surface area contributed by atoms with E-state index < -0.39 is 0 Å². The van der Waals surface area contributed by atoms with E-state index in [4.69, 9.17) is 0 Å². The lowest BCUT2D eigenvalue weighted by molar-refractivity contribution is 0.527. The highest BCUT2D eigenvalue weighted by Crippen LogP contribution is 2.17. The van der Waals surface area contributed by atoms with Gasteiger partial charge in [0.2, 0.25) is 0 Å². The van der Waals surface area contributed by atoms with E-state index in [-0.39, 0.29) is 11.9 Å². The first-order valence-electron chi connectivity index (χ1n) is 5.55. The van der Waals surface area contributed by atoms with Gasteiger partial charge >= 0.3 is 0 Å². The molecule has 2 rings (SSSR count). The molecule has 0 spiro atoms. The number of hydrogen-bond donors (Lipinski definition) is 1. The van der Waals surface area contributed by atoms with Gasteiger partial charge < -0.3 is 5.32 Å². The number of halogens is 1. The Kier molecular flexibility index (Phi) is 3.86. The van der Waals surface area contributed by atoms with E-state index >= 15 is 0 Å². The number of thiazole rings is 1. The average molecular weight is 250 g/mol. The molecule has 90 valence electrons. The molecule has 4 heteroatoms. The van der Waals surface area contributed by atoms with Crippen LogP contribution in [0.4, 0.5) is 4.39 Å². The summed E-state index contributed by atoms with van der Waals surface area (Å²) in [6, 6.07) is 6.83. The monoisotopic (exact) mass is 250 g/mol. The van der Waals surface area contributed by atoms with Crippen LogP contribution < -0.4 is 5.32 Å². The summed E-state index contributed by atoms with van der Waals surface area (Å²) in [7, 11) is 0. The minimum Gasteiger partial charge on any atom is -0.304 e. The first-order valence-corrected chi connectivity index (χ1v) is 6.43. The van der Waals surface area contributed by atoms with E-state index in [1.54, 1.807) is 23.5 Å². The van der Waals surface area contributed by atoms with Gasteiger partial charge in [-0.1, -0.05) is 18.2 Å². The van der Waals surface area contributed by atoms with Gasteiger partial charge in [0.15, 0.2) is 0 Å². The van der Waals surface area contributed by atoms with E-state index in [1.807, 2.05) is 25.3 Å². The van der Waals surface area contributed by atoms with Crippen molar-refractivity contribution in [3.05, 3.63) is 51.7 Å².